The molecule has 1 heterocycles. The van der Waals surface area contributed by atoms with E-state index in [-0.39, 0.29) is 18.0 Å². The molecule has 2 unspecified atom stereocenters. The van der Waals surface area contributed by atoms with Gasteiger partial charge in [-0.3, -0.25) is 4.79 Å². The first-order chi connectivity index (χ1) is 11.0. The minimum absolute atomic E-state index is 0.0136. The van der Waals surface area contributed by atoms with Gasteiger partial charge in [0.1, 0.15) is 6.04 Å². The number of hydrogen-bond acceptors (Lipinski definition) is 3. The van der Waals surface area contributed by atoms with Gasteiger partial charge in [0.05, 0.1) is 0 Å². The summed E-state index contributed by atoms with van der Waals surface area (Å²) in [5.41, 5.74) is 10.7. The van der Waals surface area contributed by atoms with E-state index in [1.165, 1.54) is 16.7 Å². The molecule has 1 aliphatic rings. The van der Waals surface area contributed by atoms with Crippen LogP contribution in [0.3, 0.4) is 0 Å². The largest absolute Gasteiger partial charge is 0.325 e. The molecule has 0 aliphatic carbocycles. The fourth-order valence-electron chi connectivity index (χ4n) is 2.69. The topological polar surface area (TPSA) is 53.2 Å². The zero-order chi connectivity index (χ0) is 16.4. The van der Waals surface area contributed by atoms with Crippen molar-refractivity contribution in [2.75, 3.05) is 5.32 Å². The Morgan fingerprint density at radius 1 is 1.09 bits per heavy atom. The maximum atomic E-state index is 12.4. The van der Waals surface area contributed by atoms with E-state index in [1.54, 1.807) is 0 Å². The van der Waals surface area contributed by atoms with Crippen molar-refractivity contribution in [1.29, 1.82) is 0 Å². The van der Waals surface area contributed by atoms with Crippen LogP contribution in [0.4, 0.5) is 5.69 Å². The summed E-state index contributed by atoms with van der Waals surface area (Å²) >= 11 is 3.44. The standard InChI is InChI=1S/C18H20BrN3O/c1-11-3-8-15(9-12(11)2)20-18(23)17-10-16(21-22-17)13-4-6-14(19)7-5-13/h3-9,16-17,21-22H,10H2,1-2H3,(H,20,23). The molecular weight excluding hydrogens is 354 g/mol. The van der Waals surface area contributed by atoms with E-state index in [1.807, 2.05) is 37.3 Å². The molecule has 1 aliphatic heterocycles. The lowest BCUT2D eigenvalue weighted by Gasteiger charge is -2.12. The highest BCUT2D eigenvalue weighted by Gasteiger charge is 2.30. The number of anilines is 1. The van der Waals surface area contributed by atoms with Gasteiger partial charge in [0, 0.05) is 16.2 Å². The number of hydrogen-bond donors (Lipinski definition) is 3. The molecule has 3 N–H and O–H groups in total. The lowest BCUT2D eigenvalue weighted by Crippen LogP contribution is -2.39. The normalized spacial score (nSPS) is 20.5. The number of rotatable bonds is 3. The van der Waals surface area contributed by atoms with Crippen LogP contribution in [0.15, 0.2) is 46.9 Å². The van der Waals surface area contributed by atoms with E-state index in [9.17, 15) is 4.79 Å². The van der Waals surface area contributed by atoms with Gasteiger partial charge in [0.2, 0.25) is 5.91 Å². The molecule has 120 valence electrons. The number of nitrogens with one attached hydrogen (secondary N) is 3. The second-order valence-corrected chi connectivity index (χ2v) is 6.89. The molecule has 0 bridgehead atoms. The molecule has 2 aromatic carbocycles. The second kappa shape index (κ2) is 6.83. The first kappa shape index (κ1) is 16.2. The molecule has 1 fully saturated rings. The highest BCUT2D eigenvalue weighted by molar-refractivity contribution is 9.10. The highest BCUT2D eigenvalue weighted by atomic mass is 79.9. The lowest BCUT2D eigenvalue weighted by molar-refractivity contribution is -0.117. The molecule has 0 spiro atoms. The fourth-order valence-corrected chi connectivity index (χ4v) is 2.95. The van der Waals surface area contributed by atoms with Crippen LogP contribution >= 0.6 is 15.9 Å². The summed E-state index contributed by atoms with van der Waals surface area (Å²) < 4.78 is 1.05. The van der Waals surface area contributed by atoms with E-state index in [2.05, 4.69) is 51.2 Å². The van der Waals surface area contributed by atoms with Gasteiger partial charge in [-0.1, -0.05) is 34.1 Å². The molecule has 5 heteroatoms. The third-order valence-electron chi connectivity index (χ3n) is 4.27. The van der Waals surface area contributed by atoms with Gasteiger partial charge >= 0.3 is 0 Å². The quantitative estimate of drug-likeness (QED) is 0.769. The van der Waals surface area contributed by atoms with Crippen LogP contribution in [-0.2, 0) is 4.79 Å². The number of carbonyl (C=O) groups excluding carboxylic acids is 1. The Hall–Kier alpha value is -1.69. The van der Waals surface area contributed by atoms with Gasteiger partial charge in [-0.05, 0) is 61.2 Å². The third-order valence-corrected chi connectivity index (χ3v) is 4.80. The van der Waals surface area contributed by atoms with Crippen molar-refractivity contribution in [2.45, 2.75) is 32.4 Å². The van der Waals surface area contributed by atoms with Crippen molar-refractivity contribution in [3.05, 3.63) is 63.6 Å². The Morgan fingerprint density at radius 2 is 1.83 bits per heavy atom. The maximum Gasteiger partial charge on any atom is 0.242 e. The Kier molecular flexibility index (Phi) is 4.80. The smallest absolute Gasteiger partial charge is 0.242 e. The summed E-state index contributed by atoms with van der Waals surface area (Å²) in [6, 6.07) is 14.0. The van der Waals surface area contributed by atoms with E-state index < -0.39 is 0 Å². The maximum absolute atomic E-state index is 12.4. The van der Waals surface area contributed by atoms with Crippen molar-refractivity contribution in [2.24, 2.45) is 0 Å². The van der Waals surface area contributed by atoms with E-state index in [0.717, 1.165) is 16.6 Å². The molecule has 0 radical (unpaired) electrons. The molecule has 0 aromatic heterocycles. The third kappa shape index (κ3) is 3.80. The first-order valence-electron chi connectivity index (χ1n) is 7.67. The summed E-state index contributed by atoms with van der Waals surface area (Å²) in [5.74, 6) is -0.0136. The Balaban J connectivity index is 1.63. The Bertz CT molecular complexity index is 715. The van der Waals surface area contributed by atoms with Gasteiger partial charge in [0.25, 0.3) is 0 Å². The monoisotopic (exact) mass is 373 g/mol. The van der Waals surface area contributed by atoms with Gasteiger partial charge in [-0.25, -0.2) is 10.9 Å². The molecule has 23 heavy (non-hydrogen) atoms. The van der Waals surface area contributed by atoms with Crippen molar-refractivity contribution in [1.82, 2.24) is 10.9 Å². The minimum atomic E-state index is -0.245. The number of hydrazine groups is 1. The van der Waals surface area contributed by atoms with Gasteiger partial charge < -0.3 is 5.32 Å². The summed E-state index contributed by atoms with van der Waals surface area (Å²) in [4.78, 5) is 12.4. The molecule has 3 rings (SSSR count). The average Bonchev–Trinajstić information content (AvgIpc) is 3.02. The number of aryl methyl sites for hydroxylation is 2. The molecule has 2 aromatic rings. The van der Waals surface area contributed by atoms with E-state index >= 15 is 0 Å². The number of halogens is 1. The fraction of sp³-hybridized carbons (Fsp3) is 0.278. The number of benzene rings is 2. The minimum Gasteiger partial charge on any atom is -0.325 e. The van der Waals surface area contributed by atoms with Crippen LogP contribution in [0, 0.1) is 13.8 Å². The molecule has 1 amide bonds. The van der Waals surface area contributed by atoms with Gasteiger partial charge in [-0.2, -0.15) is 0 Å². The summed E-state index contributed by atoms with van der Waals surface area (Å²) in [6.07, 6.45) is 0.721. The van der Waals surface area contributed by atoms with Crippen molar-refractivity contribution in [3.63, 3.8) is 0 Å². The SMILES string of the molecule is Cc1ccc(NC(=O)C2CC(c3ccc(Br)cc3)NN2)cc1C. The van der Waals surface area contributed by atoms with Gasteiger partial charge in [-0.15, -0.1) is 0 Å². The first-order valence-corrected chi connectivity index (χ1v) is 8.47. The molecule has 0 saturated carbocycles. The average molecular weight is 374 g/mol. The zero-order valence-corrected chi connectivity index (χ0v) is 14.8. The van der Waals surface area contributed by atoms with Crippen molar-refractivity contribution in [3.8, 4) is 0 Å². The lowest BCUT2D eigenvalue weighted by atomic mass is 10.0. The summed E-state index contributed by atoms with van der Waals surface area (Å²) in [7, 11) is 0. The van der Waals surface area contributed by atoms with Crippen LogP contribution in [0.1, 0.15) is 29.2 Å². The van der Waals surface area contributed by atoms with E-state index in [4.69, 9.17) is 0 Å². The number of amides is 1. The Morgan fingerprint density at radius 3 is 2.52 bits per heavy atom. The molecule has 4 nitrogen and oxygen atoms in total. The molecule has 1 saturated heterocycles. The predicted molar refractivity (Wildman–Crippen MR) is 96.1 cm³/mol. The molecule has 2 atom stereocenters. The van der Waals surface area contributed by atoms with Crippen LogP contribution in [0.25, 0.3) is 0 Å². The van der Waals surface area contributed by atoms with Crippen LogP contribution in [0.2, 0.25) is 0 Å². The van der Waals surface area contributed by atoms with Crippen molar-refractivity contribution >= 4 is 27.5 Å². The van der Waals surface area contributed by atoms with Crippen LogP contribution in [-0.4, -0.2) is 11.9 Å². The molecular formula is C18H20BrN3O. The van der Waals surface area contributed by atoms with E-state index in [0.29, 0.717) is 0 Å². The van der Waals surface area contributed by atoms with Gasteiger partial charge in [0.15, 0.2) is 0 Å². The van der Waals surface area contributed by atoms with Crippen molar-refractivity contribution < 1.29 is 4.79 Å². The zero-order valence-electron chi connectivity index (χ0n) is 13.2. The number of carbonyl (C=O) groups is 1. The second-order valence-electron chi connectivity index (χ2n) is 5.97. The van der Waals surface area contributed by atoms with Crippen LogP contribution < -0.4 is 16.2 Å². The Labute approximate surface area is 144 Å². The van der Waals surface area contributed by atoms with Crippen LogP contribution in [0.5, 0.6) is 0 Å². The summed E-state index contributed by atoms with van der Waals surface area (Å²) in [5, 5.41) is 2.98. The highest BCUT2D eigenvalue weighted by Crippen LogP contribution is 2.24. The predicted octanol–water partition coefficient (Wildman–Crippen LogP) is 3.61. The summed E-state index contributed by atoms with van der Waals surface area (Å²) in [6.45, 7) is 4.11.